The van der Waals surface area contributed by atoms with Crippen LogP contribution < -0.4 is 16.1 Å². The lowest BCUT2D eigenvalue weighted by Gasteiger charge is -2.32. The third kappa shape index (κ3) is 10.6. The summed E-state index contributed by atoms with van der Waals surface area (Å²) in [6.07, 6.45) is 2.24. The number of carbonyl (C=O) groups excluding carboxylic acids is 4. The standard InChI is InChI=1S/C24H35BN4O5.C18H23IN4O3.HI/c1-14(2)19(28-22(31)32-7)21(30)29-12-8-9-18(29)20-26-16-11-10-15(13-17(16)27-20)25-33-23(3,4)24(5,6)34-25;1-10(2)15(22-18(25)26-3)17(24)23-8-4-5-14(23)16-20-12-7-6-11(19)9-13(12)21-16;/h10-11,13-14,18-19H,8-9,12H2,1-7H3,(H,26,27)(H,28,31);6-7,9-10,14-15H,4-5,8H2,1-3H3,(H,20,21)(H,22,25);1H/t18-,19-;14-,15-;/m00./s1. The molecule has 2 aromatic heterocycles. The zero-order valence-corrected chi connectivity index (χ0v) is 41.1. The second kappa shape index (κ2) is 19.8. The minimum Gasteiger partial charge on any atom is -0.453 e. The van der Waals surface area contributed by atoms with Crippen LogP contribution >= 0.6 is 46.6 Å². The first kappa shape index (κ1) is 48.3. The van der Waals surface area contributed by atoms with Gasteiger partial charge >= 0.3 is 19.3 Å². The number of likely N-dealkylation sites (tertiary alicyclic amines) is 2. The van der Waals surface area contributed by atoms with Crippen LogP contribution in [0.3, 0.4) is 0 Å². The first-order valence-corrected chi connectivity index (χ1v) is 21.7. The maximum atomic E-state index is 13.4. The Morgan fingerprint density at radius 3 is 1.61 bits per heavy atom. The molecule has 0 radical (unpaired) electrons. The van der Waals surface area contributed by atoms with Crippen LogP contribution in [0.1, 0.15) is 105 Å². The van der Waals surface area contributed by atoms with Crippen LogP contribution in [0, 0.1) is 15.4 Å². The van der Waals surface area contributed by atoms with Crippen LogP contribution in [0.2, 0.25) is 0 Å². The van der Waals surface area contributed by atoms with Crippen molar-refractivity contribution in [1.29, 1.82) is 0 Å². The summed E-state index contributed by atoms with van der Waals surface area (Å²) in [5, 5.41) is 5.35. The van der Waals surface area contributed by atoms with Gasteiger partial charge in [0.05, 0.1) is 59.6 Å². The number of hydrogen-bond acceptors (Lipinski definition) is 10. The van der Waals surface area contributed by atoms with Gasteiger partial charge in [0, 0.05) is 16.7 Å². The minimum absolute atomic E-state index is 0. The Hall–Kier alpha value is -3.70. The summed E-state index contributed by atoms with van der Waals surface area (Å²) in [5.41, 5.74) is 3.65. The Labute approximate surface area is 388 Å². The summed E-state index contributed by atoms with van der Waals surface area (Å²) in [6, 6.07) is 10.4. The molecule has 332 valence electrons. The van der Waals surface area contributed by atoms with Crippen LogP contribution in [0.5, 0.6) is 0 Å². The highest BCUT2D eigenvalue weighted by Gasteiger charge is 2.52. The second-order valence-electron chi connectivity index (χ2n) is 17.4. The van der Waals surface area contributed by atoms with E-state index in [1.807, 2.05) is 102 Å². The van der Waals surface area contributed by atoms with Gasteiger partial charge < -0.3 is 49.2 Å². The number of alkyl carbamates (subject to hydrolysis) is 2. The number of amides is 4. The van der Waals surface area contributed by atoms with Crippen molar-refractivity contribution in [3.05, 3.63) is 51.6 Å². The third-order valence-electron chi connectivity index (χ3n) is 12.0. The van der Waals surface area contributed by atoms with Gasteiger partial charge in [0.25, 0.3) is 0 Å². The first-order valence-electron chi connectivity index (χ1n) is 20.6. The van der Waals surface area contributed by atoms with Crippen LogP contribution in [-0.4, -0.2) is 111 Å². The molecule has 7 rings (SSSR count). The molecule has 19 heteroatoms. The fourth-order valence-electron chi connectivity index (χ4n) is 7.88. The number of methoxy groups -OCH3 is 2. The Kier molecular flexibility index (Phi) is 15.7. The van der Waals surface area contributed by atoms with Gasteiger partial charge in [-0.2, -0.15) is 0 Å². The molecule has 3 aliphatic heterocycles. The molecule has 4 aromatic rings. The monoisotopic (exact) mass is 1070 g/mol. The van der Waals surface area contributed by atoms with Crippen molar-refractivity contribution in [2.24, 2.45) is 11.8 Å². The van der Waals surface area contributed by atoms with Gasteiger partial charge in [-0.1, -0.05) is 33.8 Å². The number of hydrogen-bond donors (Lipinski definition) is 4. The van der Waals surface area contributed by atoms with Gasteiger partial charge in [-0.15, -0.1) is 24.0 Å². The molecule has 61 heavy (non-hydrogen) atoms. The molecule has 3 aliphatic rings. The van der Waals surface area contributed by atoms with E-state index in [9.17, 15) is 19.2 Å². The second-order valence-corrected chi connectivity index (χ2v) is 18.6. The quantitative estimate of drug-likeness (QED) is 0.103. The van der Waals surface area contributed by atoms with E-state index in [0.717, 1.165) is 68.4 Å². The number of rotatable bonds is 9. The van der Waals surface area contributed by atoms with Gasteiger partial charge in [-0.25, -0.2) is 19.6 Å². The number of imidazole rings is 2. The predicted molar refractivity (Wildman–Crippen MR) is 252 cm³/mol. The SMILES string of the molecule is COC(=O)N[C@H](C(=O)N1CCC[C@H]1c1nc2ccc(B3OC(C)(C)C(C)(C)O3)cc2[nH]1)C(C)C.COC(=O)N[C@H](C(=O)N1CCC[C@H]1c1nc2ccc(I)cc2[nH]1)C(C)C.I. The number of ether oxygens (including phenoxy) is 2. The number of aromatic amines is 2. The van der Waals surface area contributed by atoms with Gasteiger partial charge in [-0.05, 0) is 124 Å². The number of H-pyrrole nitrogens is 2. The highest BCUT2D eigenvalue weighted by molar-refractivity contribution is 14.1. The van der Waals surface area contributed by atoms with Gasteiger partial charge in [0.2, 0.25) is 11.8 Å². The van der Waals surface area contributed by atoms with Crippen molar-refractivity contribution >= 4 is 105 Å². The average molecular weight is 1070 g/mol. The van der Waals surface area contributed by atoms with E-state index in [1.54, 1.807) is 0 Å². The van der Waals surface area contributed by atoms with Crippen molar-refractivity contribution in [2.75, 3.05) is 27.3 Å². The van der Waals surface area contributed by atoms with Crippen molar-refractivity contribution < 1.29 is 38.0 Å². The summed E-state index contributed by atoms with van der Waals surface area (Å²) in [4.78, 5) is 69.8. The van der Waals surface area contributed by atoms with E-state index in [-0.39, 0.29) is 59.7 Å². The third-order valence-corrected chi connectivity index (χ3v) is 12.7. The number of aromatic nitrogens is 4. The van der Waals surface area contributed by atoms with Crippen molar-refractivity contribution in [3.8, 4) is 0 Å². The van der Waals surface area contributed by atoms with Crippen molar-refractivity contribution in [1.82, 2.24) is 40.4 Å². The molecule has 2 aromatic carbocycles. The maximum absolute atomic E-state index is 13.4. The molecule has 4 amide bonds. The molecule has 4 atom stereocenters. The Morgan fingerprint density at radius 1 is 0.754 bits per heavy atom. The maximum Gasteiger partial charge on any atom is 0.494 e. The minimum atomic E-state index is -0.660. The van der Waals surface area contributed by atoms with Gasteiger partial charge in [0.15, 0.2) is 0 Å². The summed E-state index contributed by atoms with van der Waals surface area (Å²) >= 11 is 2.27. The Balaban J connectivity index is 0.000000235. The summed E-state index contributed by atoms with van der Waals surface area (Å²) in [6.45, 7) is 17.0. The van der Waals surface area contributed by atoms with Gasteiger partial charge in [0.1, 0.15) is 23.7 Å². The highest BCUT2D eigenvalue weighted by atomic mass is 127. The van der Waals surface area contributed by atoms with Crippen molar-refractivity contribution in [2.45, 2.75) is 116 Å². The Morgan fingerprint density at radius 2 is 1.18 bits per heavy atom. The number of halogens is 2. The molecule has 3 saturated heterocycles. The summed E-state index contributed by atoms with van der Waals surface area (Å²) in [7, 11) is 2.13. The lowest BCUT2D eigenvalue weighted by atomic mass is 9.79. The van der Waals surface area contributed by atoms with Crippen LogP contribution in [-0.2, 0) is 28.4 Å². The van der Waals surface area contributed by atoms with Crippen LogP contribution in [0.15, 0.2) is 36.4 Å². The number of nitrogens with one attached hydrogen (secondary N) is 4. The molecule has 4 N–H and O–H groups in total. The molecule has 0 unspecified atom stereocenters. The topological polar surface area (TPSA) is 193 Å². The van der Waals surface area contributed by atoms with E-state index in [1.165, 1.54) is 14.2 Å². The molecule has 16 nitrogen and oxygen atoms in total. The number of nitrogens with zero attached hydrogens (tertiary/aromatic N) is 4. The van der Waals surface area contributed by atoms with E-state index >= 15 is 0 Å². The lowest BCUT2D eigenvalue weighted by molar-refractivity contribution is -0.136. The number of carbonyl (C=O) groups is 4. The molecule has 5 heterocycles. The molecule has 0 bridgehead atoms. The molecule has 0 spiro atoms. The Bertz CT molecular complexity index is 2200. The zero-order valence-electron chi connectivity index (χ0n) is 36.6. The van der Waals surface area contributed by atoms with Gasteiger partial charge in [-0.3, -0.25) is 9.59 Å². The largest absolute Gasteiger partial charge is 0.494 e. The van der Waals surface area contributed by atoms with E-state index in [2.05, 4.69) is 52.9 Å². The average Bonchev–Trinajstić information content (AvgIpc) is 4.04. The van der Waals surface area contributed by atoms with E-state index in [4.69, 9.17) is 19.0 Å². The van der Waals surface area contributed by atoms with E-state index in [0.29, 0.717) is 13.1 Å². The highest BCUT2D eigenvalue weighted by Crippen LogP contribution is 2.37. The number of benzene rings is 2. The van der Waals surface area contributed by atoms with Crippen LogP contribution in [0.25, 0.3) is 22.1 Å². The summed E-state index contributed by atoms with van der Waals surface area (Å²) in [5.74, 6) is 1.20. The molecule has 3 fully saturated rings. The fraction of sp³-hybridized carbons (Fsp3) is 0.571. The fourth-order valence-corrected chi connectivity index (χ4v) is 8.37. The first-order chi connectivity index (χ1) is 28.3. The van der Waals surface area contributed by atoms with E-state index < -0.39 is 42.6 Å². The zero-order chi connectivity index (χ0) is 43.7. The van der Waals surface area contributed by atoms with Crippen LogP contribution in [0.4, 0.5) is 9.59 Å². The van der Waals surface area contributed by atoms with Crippen molar-refractivity contribution in [3.63, 3.8) is 0 Å². The normalized spacial score (nSPS) is 20.3. The number of fused-ring (bicyclic) bond motifs is 2. The predicted octanol–water partition coefficient (Wildman–Crippen LogP) is 6.74. The summed E-state index contributed by atoms with van der Waals surface area (Å²) < 4.78 is 22.9. The smallest absolute Gasteiger partial charge is 0.453 e. The molecular weight excluding hydrogens is 1010 g/mol. The molecule has 0 saturated carbocycles. The lowest BCUT2D eigenvalue weighted by Crippen LogP contribution is -2.51. The molecule has 0 aliphatic carbocycles. The molecular formula is C42H59BI2N8O8.